The minimum atomic E-state index is -0.121. The van der Waals surface area contributed by atoms with Crippen molar-refractivity contribution in [3.8, 4) is 0 Å². The van der Waals surface area contributed by atoms with Crippen molar-refractivity contribution < 1.29 is 9.53 Å². The van der Waals surface area contributed by atoms with Gasteiger partial charge < -0.3 is 10.1 Å². The quantitative estimate of drug-likeness (QED) is 0.727. The average Bonchev–Trinajstić information content (AvgIpc) is 2.32. The van der Waals surface area contributed by atoms with Gasteiger partial charge in [0.05, 0.1) is 6.61 Å². The Hall–Kier alpha value is -0.570. The molecule has 3 unspecified atom stereocenters. The van der Waals surface area contributed by atoms with Crippen LogP contribution < -0.4 is 5.32 Å². The fourth-order valence-corrected chi connectivity index (χ4v) is 2.63. The van der Waals surface area contributed by atoms with Crippen LogP contribution in [0, 0.1) is 11.8 Å². The van der Waals surface area contributed by atoms with Gasteiger partial charge in [-0.3, -0.25) is 4.79 Å². The Kier molecular flexibility index (Phi) is 6.56. The van der Waals surface area contributed by atoms with E-state index in [1.165, 1.54) is 25.7 Å². The molecular weight excluding hydrogens is 214 g/mol. The maximum atomic E-state index is 11.6. The van der Waals surface area contributed by atoms with Gasteiger partial charge in [-0.1, -0.05) is 33.1 Å². The molecule has 0 saturated heterocycles. The highest BCUT2D eigenvalue weighted by Crippen LogP contribution is 2.28. The van der Waals surface area contributed by atoms with E-state index < -0.39 is 0 Å². The lowest BCUT2D eigenvalue weighted by Crippen LogP contribution is -2.41. The molecule has 1 rings (SSSR count). The van der Waals surface area contributed by atoms with Gasteiger partial charge in [-0.2, -0.15) is 0 Å². The normalized spacial score (nSPS) is 26.5. The second kappa shape index (κ2) is 7.70. The summed E-state index contributed by atoms with van der Waals surface area (Å²) in [6.07, 6.45) is 6.15. The van der Waals surface area contributed by atoms with Crippen LogP contribution in [0.25, 0.3) is 0 Å². The van der Waals surface area contributed by atoms with Crippen molar-refractivity contribution in [2.75, 3.05) is 13.2 Å². The Morgan fingerprint density at radius 2 is 2.06 bits per heavy atom. The first-order chi connectivity index (χ1) is 8.19. The third-order valence-corrected chi connectivity index (χ3v) is 3.89. The zero-order valence-corrected chi connectivity index (χ0v) is 11.5. The molecule has 1 N–H and O–H groups in total. The number of nitrogens with one attached hydrogen (secondary N) is 1. The molecule has 1 aliphatic carbocycles. The van der Waals surface area contributed by atoms with Gasteiger partial charge in [-0.05, 0) is 38.1 Å². The van der Waals surface area contributed by atoms with Crippen molar-refractivity contribution >= 4 is 5.97 Å². The average molecular weight is 241 g/mol. The lowest BCUT2D eigenvalue weighted by atomic mass is 9.80. The Labute approximate surface area is 105 Å². The van der Waals surface area contributed by atoms with Crippen LogP contribution in [0.2, 0.25) is 0 Å². The van der Waals surface area contributed by atoms with Crippen LogP contribution in [0.3, 0.4) is 0 Å². The molecule has 0 spiro atoms. The summed E-state index contributed by atoms with van der Waals surface area (Å²) >= 11 is 0. The molecule has 100 valence electrons. The van der Waals surface area contributed by atoms with Crippen LogP contribution in [0.15, 0.2) is 0 Å². The minimum Gasteiger partial charge on any atom is -0.465 e. The second-order valence-corrected chi connectivity index (χ2v) is 5.14. The van der Waals surface area contributed by atoms with Crippen molar-refractivity contribution in [2.45, 2.75) is 58.9 Å². The third-order valence-electron chi connectivity index (χ3n) is 3.89. The summed E-state index contributed by atoms with van der Waals surface area (Å²) in [5.74, 6) is 1.42. The van der Waals surface area contributed by atoms with Crippen molar-refractivity contribution in [1.82, 2.24) is 5.32 Å². The molecule has 3 atom stereocenters. The summed E-state index contributed by atoms with van der Waals surface area (Å²) in [7, 11) is 0. The lowest BCUT2D eigenvalue weighted by molar-refractivity contribution is -0.145. The number of carbonyl (C=O) groups excluding carboxylic acids is 1. The summed E-state index contributed by atoms with van der Waals surface area (Å²) < 4.78 is 5.06. The van der Waals surface area contributed by atoms with Gasteiger partial charge in [0.2, 0.25) is 0 Å². The van der Waals surface area contributed by atoms with Gasteiger partial charge in [0, 0.05) is 0 Å². The predicted octanol–water partition coefficient (Wildman–Crippen LogP) is 2.74. The van der Waals surface area contributed by atoms with Crippen molar-refractivity contribution in [3.63, 3.8) is 0 Å². The van der Waals surface area contributed by atoms with Gasteiger partial charge in [0.1, 0.15) is 6.04 Å². The second-order valence-electron chi connectivity index (χ2n) is 5.14. The molecule has 1 aliphatic rings. The van der Waals surface area contributed by atoms with E-state index in [2.05, 4.69) is 12.2 Å². The molecule has 0 heterocycles. The monoisotopic (exact) mass is 241 g/mol. The van der Waals surface area contributed by atoms with Crippen LogP contribution in [0.4, 0.5) is 0 Å². The van der Waals surface area contributed by atoms with Gasteiger partial charge in [-0.25, -0.2) is 0 Å². The van der Waals surface area contributed by atoms with E-state index in [0.717, 1.165) is 24.8 Å². The van der Waals surface area contributed by atoms with Crippen LogP contribution in [-0.2, 0) is 9.53 Å². The van der Waals surface area contributed by atoms with E-state index in [-0.39, 0.29) is 12.0 Å². The largest absolute Gasteiger partial charge is 0.465 e. The van der Waals surface area contributed by atoms with Crippen LogP contribution in [0.1, 0.15) is 52.9 Å². The van der Waals surface area contributed by atoms with Crippen LogP contribution >= 0.6 is 0 Å². The highest BCUT2D eigenvalue weighted by Gasteiger charge is 2.24. The molecule has 0 amide bonds. The van der Waals surface area contributed by atoms with Gasteiger partial charge in [0.25, 0.3) is 0 Å². The van der Waals surface area contributed by atoms with Crippen molar-refractivity contribution in [1.29, 1.82) is 0 Å². The van der Waals surface area contributed by atoms with E-state index in [0.29, 0.717) is 6.61 Å². The summed E-state index contributed by atoms with van der Waals surface area (Å²) in [5, 5.41) is 3.38. The molecule has 0 aliphatic heterocycles. The third kappa shape index (κ3) is 4.66. The molecule has 0 aromatic rings. The highest BCUT2D eigenvalue weighted by molar-refractivity contribution is 5.75. The van der Waals surface area contributed by atoms with E-state index in [4.69, 9.17) is 4.74 Å². The molecule has 3 heteroatoms. The summed E-state index contributed by atoms with van der Waals surface area (Å²) in [5.41, 5.74) is 0. The van der Waals surface area contributed by atoms with Crippen molar-refractivity contribution in [2.24, 2.45) is 11.8 Å². The lowest BCUT2D eigenvalue weighted by Gasteiger charge is -2.30. The molecule has 3 nitrogen and oxygen atoms in total. The minimum absolute atomic E-state index is 0.0986. The van der Waals surface area contributed by atoms with Crippen LogP contribution in [0.5, 0.6) is 0 Å². The topological polar surface area (TPSA) is 38.3 Å². The van der Waals surface area contributed by atoms with Gasteiger partial charge >= 0.3 is 5.97 Å². The molecule has 0 aromatic heterocycles. The molecule has 0 bridgehead atoms. The SMILES string of the molecule is CCOC(=O)C(CC)NCC1CCCCC1C. The van der Waals surface area contributed by atoms with E-state index >= 15 is 0 Å². The molecule has 0 radical (unpaired) electrons. The Balaban J connectivity index is 2.33. The summed E-state index contributed by atoms with van der Waals surface area (Å²) in [4.78, 5) is 11.6. The van der Waals surface area contributed by atoms with Crippen molar-refractivity contribution in [3.05, 3.63) is 0 Å². The molecular formula is C14H27NO2. The maximum Gasteiger partial charge on any atom is 0.323 e. The summed E-state index contributed by atoms with van der Waals surface area (Å²) in [6, 6.07) is -0.121. The standard InChI is InChI=1S/C14H27NO2/c1-4-13(14(16)17-5-2)15-10-12-9-7-6-8-11(12)3/h11-13,15H,4-10H2,1-3H3. The number of ether oxygens (including phenoxy) is 1. The van der Waals surface area contributed by atoms with E-state index in [9.17, 15) is 4.79 Å². The predicted molar refractivity (Wildman–Crippen MR) is 69.8 cm³/mol. The molecule has 1 saturated carbocycles. The Morgan fingerprint density at radius 3 is 2.65 bits per heavy atom. The highest BCUT2D eigenvalue weighted by atomic mass is 16.5. The number of carbonyl (C=O) groups is 1. The Morgan fingerprint density at radius 1 is 1.35 bits per heavy atom. The zero-order chi connectivity index (χ0) is 12.7. The van der Waals surface area contributed by atoms with Crippen LogP contribution in [-0.4, -0.2) is 25.2 Å². The van der Waals surface area contributed by atoms with Gasteiger partial charge in [-0.15, -0.1) is 0 Å². The molecule has 1 fully saturated rings. The molecule has 17 heavy (non-hydrogen) atoms. The first kappa shape index (κ1) is 14.5. The number of rotatable bonds is 6. The maximum absolute atomic E-state index is 11.6. The first-order valence-corrected chi connectivity index (χ1v) is 7.09. The number of hydrogen-bond acceptors (Lipinski definition) is 3. The zero-order valence-electron chi connectivity index (χ0n) is 11.5. The Bertz CT molecular complexity index is 230. The van der Waals surface area contributed by atoms with E-state index in [1.54, 1.807) is 0 Å². The smallest absolute Gasteiger partial charge is 0.323 e. The fourth-order valence-electron chi connectivity index (χ4n) is 2.63. The molecule has 0 aromatic carbocycles. The number of hydrogen-bond donors (Lipinski definition) is 1. The number of esters is 1. The summed E-state index contributed by atoms with van der Waals surface area (Å²) in [6.45, 7) is 7.64. The fraction of sp³-hybridized carbons (Fsp3) is 0.929. The first-order valence-electron chi connectivity index (χ1n) is 7.09. The van der Waals surface area contributed by atoms with E-state index in [1.807, 2.05) is 13.8 Å². The van der Waals surface area contributed by atoms with Gasteiger partial charge in [0.15, 0.2) is 0 Å².